The number of hydrogen-bond donors (Lipinski definition) is 1. The molecule has 0 aliphatic heterocycles. The molecule has 0 aliphatic carbocycles. The molecule has 0 bridgehead atoms. The number of aromatic nitrogens is 1. The van der Waals surface area contributed by atoms with Crippen molar-refractivity contribution in [2.24, 2.45) is 0 Å². The summed E-state index contributed by atoms with van der Waals surface area (Å²) >= 11 is 0. The van der Waals surface area contributed by atoms with Crippen molar-refractivity contribution in [2.45, 2.75) is 6.92 Å². The Hall–Kier alpha value is -1.05. The molecule has 0 aliphatic rings. The van der Waals surface area contributed by atoms with Gasteiger partial charge < -0.3 is 4.98 Å². The molecule has 1 aromatic rings. The Bertz CT molecular complexity index is 184. The van der Waals surface area contributed by atoms with E-state index in [0.717, 1.165) is 0 Å². The van der Waals surface area contributed by atoms with Gasteiger partial charge in [-0.1, -0.05) is 0 Å². The highest BCUT2D eigenvalue weighted by Crippen LogP contribution is 1.93. The number of ketones is 1. The molecule has 0 saturated carbocycles. The van der Waals surface area contributed by atoms with Crippen LogP contribution >= 0.6 is 0 Å². The summed E-state index contributed by atoms with van der Waals surface area (Å²) in [4.78, 5) is 13.3. The average Bonchev–Trinajstić information content (AvgIpc) is 2.12. The van der Waals surface area contributed by atoms with E-state index in [1.165, 1.54) is 6.92 Å². The number of Topliss-reactive ketones (excluding diaryl/α,β-unsaturated/α-hetero) is 1. The summed E-state index contributed by atoms with van der Waals surface area (Å²) < 4.78 is 0. The monoisotopic (exact) mass is 113 g/mol. The Balaban J connectivity index is 0. The summed E-state index contributed by atoms with van der Waals surface area (Å²) in [6, 6.07) is 3.55. The molecule has 0 saturated heterocycles. The molecule has 0 amide bonds. The lowest BCUT2D eigenvalue weighted by atomic mass is 10.3. The van der Waals surface area contributed by atoms with Crippen LogP contribution in [0, 0.1) is 0 Å². The number of nitrogens with one attached hydrogen (secondary N) is 1. The maximum atomic E-state index is 10.5. The highest BCUT2D eigenvalue weighted by Gasteiger charge is 1.94. The fourth-order valence-corrected chi connectivity index (χ4v) is 0.549. The van der Waals surface area contributed by atoms with E-state index in [1.807, 2.05) is 0 Å². The third-order valence-electron chi connectivity index (χ3n) is 0.977. The minimum Gasteiger partial charge on any atom is -0.359 e. The molecule has 0 radical (unpaired) electrons. The fourth-order valence-electron chi connectivity index (χ4n) is 0.549. The molecule has 1 aromatic heterocycles. The summed E-state index contributed by atoms with van der Waals surface area (Å²) in [5.41, 5.74) is 0.671. The lowest BCUT2D eigenvalue weighted by Crippen LogP contribution is -1.89. The van der Waals surface area contributed by atoms with Gasteiger partial charge in [-0.05, 0) is 12.1 Å². The number of carbonyl (C=O) groups excluding carboxylic acids is 1. The van der Waals surface area contributed by atoms with E-state index in [9.17, 15) is 4.79 Å². The molecule has 8 heavy (non-hydrogen) atoms. The number of hydrogen-bond acceptors (Lipinski definition) is 1. The van der Waals surface area contributed by atoms with Crippen LogP contribution in [0.1, 0.15) is 20.3 Å². The van der Waals surface area contributed by atoms with Crippen LogP contribution in [-0.4, -0.2) is 10.8 Å². The predicted molar refractivity (Wildman–Crippen MR) is 35.0 cm³/mol. The minimum absolute atomic E-state index is 0. The van der Waals surface area contributed by atoms with Crippen molar-refractivity contribution in [3.63, 3.8) is 0 Å². The standard InChI is InChI=1S/C6H7NO.2H2/c1-5(8)6-3-2-4-7-6;;/h2-4,7H,1H3;2*1H. The van der Waals surface area contributed by atoms with Crippen LogP contribution in [0.2, 0.25) is 0 Å². The van der Waals surface area contributed by atoms with Crippen LogP contribution in [0.25, 0.3) is 0 Å². The van der Waals surface area contributed by atoms with Gasteiger partial charge >= 0.3 is 0 Å². The third kappa shape index (κ3) is 0.780. The van der Waals surface area contributed by atoms with Crippen molar-refractivity contribution in [3.8, 4) is 0 Å². The molecule has 2 nitrogen and oxygen atoms in total. The van der Waals surface area contributed by atoms with Gasteiger partial charge in [-0.25, -0.2) is 0 Å². The molecule has 1 rings (SSSR count). The van der Waals surface area contributed by atoms with Gasteiger partial charge in [-0.2, -0.15) is 0 Å². The number of H-pyrrole nitrogens is 1. The first kappa shape index (κ1) is 5.09. The SMILES string of the molecule is CC(=O)c1ccc[nH]1.[HH].[HH]. The topological polar surface area (TPSA) is 32.9 Å². The summed E-state index contributed by atoms with van der Waals surface area (Å²) in [5, 5.41) is 0. The third-order valence-corrected chi connectivity index (χ3v) is 0.977. The zero-order valence-corrected chi connectivity index (χ0v) is 4.64. The van der Waals surface area contributed by atoms with E-state index in [2.05, 4.69) is 4.98 Å². The van der Waals surface area contributed by atoms with Gasteiger partial charge in [0.2, 0.25) is 0 Å². The van der Waals surface area contributed by atoms with Crippen molar-refractivity contribution in [1.82, 2.24) is 4.98 Å². The molecule has 0 spiro atoms. The van der Waals surface area contributed by atoms with Gasteiger partial charge in [-0.3, -0.25) is 4.79 Å². The zero-order valence-electron chi connectivity index (χ0n) is 4.64. The Morgan fingerprint density at radius 1 is 1.88 bits per heavy atom. The van der Waals surface area contributed by atoms with Crippen LogP contribution in [0.15, 0.2) is 18.3 Å². The first-order valence-electron chi connectivity index (χ1n) is 2.45. The van der Waals surface area contributed by atoms with E-state index < -0.39 is 0 Å². The normalized spacial score (nSPS) is 9.12. The van der Waals surface area contributed by atoms with Crippen molar-refractivity contribution in [1.29, 1.82) is 0 Å². The molecule has 46 valence electrons. The summed E-state index contributed by atoms with van der Waals surface area (Å²) in [6.07, 6.45) is 1.73. The Morgan fingerprint density at radius 3 is 2.88 bits per heavy atom. The molecular formula is C6H11NO. The van der Waals surface area contributed by atoms with E-state index >= 15 is 0 Å². The maximum Gasteiger partial charge on any atom is 0.175 e. The number of aromatic amines is 1. The van der Waals surface area contributed by atoms with Gasteiger partial charge in [0.25, 0.3) is 0 Å². The van der Waals surface area contributed by atoms with Crippen molar-refractivity contribution in [2.75, 3.05) is 0 Å². The molecule has 0 aromatic carbocycles. The Kier molecular flexibility index (Phi) is 1.16. The molecule has 1 heterocycles. The van der Waals surface area contributed by atoms with Crippen molar-refractivity contribution in [3.05, 3.63) is 24.0 Å². The van der Waals surface area contributed by atoms with Crippen LogP contribution < -0.4 is 0 Å². The second kappa shape index (κ2) is 1.82. The highest BCUT2D eigenvalue weighted by atomic mass is 16.1. The van der Waals surface area contributed by atoms with Gasteiger partial charge in [0.1, 0.15) is 0 Å². The summed E-state index contributed by atoms with van der Waals surface area (Å²) in [6.45, 7) is 1.53. The average molecular weight is 113 g/mol. The Morgan fingerprint density at radius 2 is 2.62 bits per heavy atom. The fraction of sp³-hybridized carbons (Fsp3) is 0.167. The van der Waals surface area contributed by atoms with Crippen LogP contribution in [0.5, 0.6) is 0 Å². The van der Waals surface area contributed by atoms with Crippen molar-refractivity contribution < 1.29 is 7.65 Å². The highest BCUT2D eigenvalue weighted by molar-refractivity contribution is 5.92. The largest absolute Gasteiger partial charge is 0.359 e. The first-order chi connectivity index (χ1) is 3.80. The van der Waals surface area contributed by atoms with E-state index in [-0.39, 0.29) is 8.64 Å². The molecule has 2 heteroatoms. The first-order valence-corrected chi connectivity index (χ1v) is 2.45. The van der Waals surface area contributed by atoms with Crippen LogP contribution in [-0.2, 0) is 0 Å². The lowest BCUT2D eigenvalue weighted by molar-refractivity contribution is 0.101. The molecule has 0 fully saturated rings. The molecule has 0 unspecified atom stereocenters. The summed E-state index contributed by atoms with van der Waals surface area (Å²) in [7, 11) is 0. The van der Waals surface area contributed by atoms with Gasteiger partial charge in [0.05, 0.1) is 5.69 Å². The quantitative estimate of drug-likeness (QED) is 0.552. The minimum atomic E-state index is 0. The van der Waals surface area contributed by atoms with Gasteiger partial charge in [-0.15, -0.1) is 0 Å². The van der Waals surface area contributed by atoms with Crippen LogP contribution in [0.3, 0.4) is 0 Å². The molecular weight excluding hydrogens is 102 g/mol. The maximum absolute atomic E-state index is 10.5. The van der Waals surface area contributed by atoms with Gasteiger partial charge in [0, 0.05) is 16.0 Å². The zero-order chi connectivity index (χ0) is 5.98. The van der Waals surface area contributed by atoms with Crippen LogP contribution in [0.4, 0.5) is 0 Å². The van der Waals surface area contributed by atoms with Crippen molar-refractivity contribution >= 4 is 5.78 Å². The summed E-state index contributed by atoms with van der Waals surface area (Å²) in [5.74, 6) is 0.0787. The lowest BCUT2D eigenvalue weighted by Gasteiger charge is -1.81. The van der Waals surface area contributed by atoms with E-state index in [4.69, 9.17) is 0 Å². The Labute approximate surface area is 50.5 Å². The van der Waals surface area contributed by atoms with E-state index in [1.54, 1.807) is 18.3 Å². The molecule has 1 N–H and O–H groups in total. The number of rotatable bonds is 1. The van der Waals surface area contributed by atoms with E-state index in [0.29, 0.717) is 5.69 Å². The van der Waals surface area contributed by atoms with Gasteiger partial charge in [0.15, 0.2) is 5.78 Å². The number of carbonyl (C=O) groups is 1. The second-order valence-corrected chi connectivity index (χ2v) is 1.64. The smallest absolute Gasteiger partial charge is 0.175 e. The predicted octanol–water partition coefficient (Wildman–Crippen LogP) is 1.71. The molecule has 0 atom stereocenters. The second-order valence-electron chi connectivity index (χ2n) is 1.64.